The van der Waals surface area contributed by atoms with Gasteiger partial charge in [-0.15, -0.1) is 0 Å². The minimum atomic E-state index is -1.47. The highest BCUT2D eigenvalue weighted by Gasteiger charge is 2.19. The highest BCUT2D eigenvalue weighted by atomic mass is 35.5. The molecular weight excluding hydrogens is 1360 g/mol. The van der Waals surface area contributed by atoms with Gasteiger partial charge in [0.1, 0.15) is 5.15 Å². The third-order valence-electron chi connectivity index (χ3n) is 20.1. The molecule has 0 aliphatic heterocycles. The number of aromatic nitrogens is 6. The summed E-state index contributed by atoms with van der Waals surface area (Å²) in [6, 6.07) is 125. The second-order valence-corrected chi connectivity index (χ2v) is 28.5. The summed E-state index contributed by atoms with van der Waals surface area (Å²) in [6.45, 7) is 8.84. The van der Waals surface area contributed by atoms with Crippen LogP contribution < -0.4 is 5.46 Å². The summed E-state index contributed by atoms with van der Waals surface area (Å²) < 4.78 is 0. The molecule has 0 aliphatic carbocycles. The van der Waals surface area contributed by atoms with Crippen LogP contribution in [-0.4, -0.2) is 47.1 Å². The van der Waals surface area contributed by atoms with Gasteiger partial charge in [0.15, 0.2) is 0 Å². The summed E-state index contributed by atoms with van der Waals surface area (Å²) in [5.74, 6) is 0.704. The smallest absolute Gasteiger partial charge is 0.423 e. The molecule has 0 amide bonds. The first-order chi connectivity index (χ1) is 53.9. The fourth-order valence-corrected chi connectivity index (χ4v) is 14.5. The minimum Gasteiger partial charge on any atom is -0.423 e. The van der Waals surface area contributed by atoms with Crippen LogP contribution in [0.4, 0.5) is 0 Å². The van der Waals surface area contributed by atoms with Crippen molar-refractivity contribution < 1.29 is 10.0 Å². The van der Waals surface area contributed by atoms with E-state index in [1.165, 1.54) is 16.7 Å². The maximum absolute atomic E-state index is 9.37. The molecule has 0 saturated carbocycles. The van der Waals surface area contributed by atoms with Crippen molar-refractivity contribution in [2.75, 3.05) is 0 Å². The predicted molar refractivity (Wildman–Crippen MR) is 459 cm³/mol. The lowest BCUT2D eigenvalue weighted by Gasteiger charge is -2.15. The molecule has 8 nitrogen and oxygen atoms in total. The first-order valence-electron chi connectivity index (χ1n) is 37.2. The van der Waals surface area contributed by atoms with Gasteiger partial charge in [0.05, 0.1) is 61.9 Å². The zero-order valence-corrected chi connectivity index (χ0v) is 62.1. The average Bonchev–Trinajstić information content (AvgIpc) is 0.761. The van der Waals surface area contributed by atoms with Gasteiger partial charge in [-0.2, -0.15) is 0 Å². The lowest BCUT2D eigenvalue weighted by molar-refractivity contribution is 0.426. The van der Waals surface area contributed by atoms with Crippen LogP contribution in [0.3, 0.4) is 0 Å². The van der Waals surface area contributed by atoms with Crippen molar-refractivity contribution in [3.8, 4) is 123 Å². The molecule has 0 aliphatic rings. The summed E-state index contributed by atoms with van der Waals surface area (Å²) in [5.41, 5.74) is 29.6. The SMILES string of the molecule is CC(C)c1cc(-c2ccc(-c3cccc(-c4cc(-c5ccccc5)cc(-c5ccccc5)n4)c3)cc2)nc2c1ccc1ccc(-c3ccccc3)nc12.CC(C)c1cc(Cl)nc2c1ccc1ccc(-c3ccccc3)nc12.OB(O)c1ccc(-c2cccc(-c3cc(-c4ccccc4)cc(-c4ccccc4)n3)c2)cc1. The van der Waals surface area contributed by atoms with Crippen molar-refractivity contribution >= 4 is 67.8 Å². The second-order valence-electron chi connectivity index (χ2n) is 28.1. The number of pyridine rings is 6. The lowest BCUT2D eigenvalue weighted by Crippen LogP contribution is -2.29. The molecule has 528 valence electrons. The number of fused-ring (bicyclic) bond motifs is 6. The first kappa shape index (κ1) is 71.1. The van der Waals surface area contributed by atoms with E-state index >= 15 is 0 Å². The molecule has 0 fully saturated rings. The summed E-state index contributed by atoms with van der Waals surface area (Å²) in [4.78, 5) is 30.1. The summed E-state index contributed by atoms with van der Waals surface area (Å²) in [6.07, 6.45) is 0. The number of nitrogens with zero attached hydrogens (tertiary/aromatic N) is 6. The molecule has 0 unspecified atom stereocenters. The van der Waals surface area contributed by atoms with Gasteiger partial charge in [-0.3, -0.25) is 0 Å². The highest BCUT2D eigenvalue weighted by Crippen LogP contribution is 2.39. The zero-order chi connectivity index (χ0) is 75.0. The van der Waals surface area contributed by atoms with Gasteiger partial charge >= 0.3 is 7.12 Å². The molecule has 6 heterocycles. The fraction of sp³-hybridized carbons (Fsp3) is 0.0600. The summed E-state index contributed by atoms with van der Waals surface area (Å²) >= 11 is 6.29. The molecule has 18 aromatic rings. The third kappa shape index (κ3) is 15.7. The standard InChI is InChI=1S/C50H37N3.C29H22BNO2.C21H17ClN2/c1-33(2)44-32-48(53-50-43(44)27-25-39-26-28-45(52-49(39)50)36-15-8-4-9-16-36)38-23-21-35(22-24-38)40-19-12-20-41(29-40)47-31-42(34-13-6-3-7-14-34)30-46(51-47)37-17-10-5-11-18-37;32-30(33)27-16-14-22(15-17-27)24-12-7-13-25(18-24)29-20-26(21-8-3-1-4-9-21)19-28(31-29)23-10-5-2-6-11-23;1-13(2)17-12-19(22)24-21-16(17)10-8-15-9-11-18(23-20(15)21)14-6-4-3-5-7-14/h3-33H,1-2H3;1-20,32-33H;3-13H,1-2H3. The molecule has 18 rings (SSSR count). The molecule has 6 aromatic heterocycles. The second kappa shape index (κ2) is 32.1. The molecule has 0 atom stereocenters. The van der Waals surface area contributed by atoms with Crippen LogP contribution in [0.5, 0.6) is 0 Å². The zero-order valence-electron chi connectivity index (χ0n) is 61.3. The van der Waals surface area contributed by atoms with Gasteiger partial charge in [-0.25, -0.2) is 29.9 Å². The molecule has 12 aromatic carbocycles. The van der Waals surface area contributed by atoms with Gasteiger partial charge in [0.25, 0.3) is 0 Å². The maximum Gasteiger partial charge on any atom is 0.488 e. The van der Waals surface area contributed by atoms with E-state index in [4.69, 9.17) is 36.5 Å². The molecule has 10 heteroatoms. The topological polar surface area (TPSA) is 118 Å². The largest absolute Gasteiger partial charge is 0.488 e. The molecular formula is C100H76BClN6O2. The molecule has 0 spiro atoms. The Morgan fingerprint density at radius 1 is 0.227 bits per heavy atom. The Kier molecular flexibility index (Phi) is 20.8. The van der Waals surface area contributed by atoms with Crippen LogP contribution >= 0.6 is 11.6 Å². The number of halogens is 1. The van der Waals surface area contributed by atoms with E-state index in [-0.39, 0.29) is 0 Å². The van der Waals surface area contributed by atoms with Gasteiger partial charge in [-0.1, -0.05) is 343 Å². The Labute approximate surface area is 646 Å². The Morgan fingerprint density at radius 3 is 0.918 bits per heavy atom. The van der Waals surface area contributed by atoms with E-state index < -0.39 is 7.12 Å². The lowest BCUT2D eigenvalue weighted by atomic mass is 9.80. The van der Waals surface area contributed by atoms with Gasteiger partial charge in [0.2, 0.25) is 0 Å². The van der Waals surface area contributed by atoms with Crippen molar-refractivity contribution in [1.82, 2.24) is 29.9 Å². The van der Waals surface area contributed by atoms with Crippen LogP contribution in [0.15, 0.2) is 364 Å². The Balaban J connectivity index is 0.000000137. The van der Waals surface area contributed by atoms with E-state index in [1.807, 2.05) is 97.1 Å². The predicted octanol–water partition coefficient (Wildman–Crippen LogP) is 25.0. The highest BCUT2D eigenvalue weighted by molar-refractivity contribution is 6.58. The Bertz CT molecular complexity index is 6180. The number of hydrogen-bond donors (Lipinski definition) is 2. The summed E-state index contributed by atoms with van der Waals surface area (Å²) in [7, 11) is -1.47. The normalized spacial score (nSPS) is 11.2. The van der Waals surface area contributed by atoms with Crippen molar-refractivity contribution in [2.24, 2.45) is 0 Å². The minimum absolute atomic E-state index is 0.326. The molecule has 0 bridgehead atoms. The van der Waals surface area contributed by atoms with Gasteiger partial charge < -0.3 is 10.0 Å². The molecule has 2 N–H and O–H groups in total. The quantitative estimate of drug-likeness (QED) is 0.0628. The van der Waals surface area contributed by atoms with Crippen molar-refractivity contribution in [1.29, 1.82) is 0 Å². The van der Waals surface area contributed by atoms with Crippen LogP contribution in [0, 0.1) is 0 Å². The van der Waals surface area contributed by atoms with Crippen LogP contribution in [0.2, 0.25) is 5.15 Å². The third-order valence-corrected chi connectivity index (χ3v) is 20.3. The Hall–Kier alpha value is -13.1. The van der Waals surface area contributed by atoms with E-state index in [2.05, 4.69) is 287 Å². The number of benzene rings is 12. The number of rotatable bonds is 14. The fourth-order valence-electron chi connectivity index (χ4n) is 14.3. The van der Waals surface area contributed by atoms with Crippen LogP contribution in [0.1, 0.15) is 50.7 Å². The van der Waals surface area contributed by atoms with E-state index in [0.717, 1.165) is 161 Å². The molecule has 0 saturated heterocycles. The van der Waals surface area contributed by atoms with E-state index in [9.17, 15) is 10.0 Å². The van der Waals surface area contributed by atoms with Gasteiger partial charge in [-0.05, 0) is 134 Å². The average molecular weight is 1440 g/mol. The van der Waals surface area contributed by atoms with Gasteiger partial charge in [0, 0.05) is 60.5 Å². The van der Waals surface area contributed by atoms with E-state index in [1.54, 1.807) is 12.1 Å². The number of hydrogen-bond acceptors (Lipinski definition) is 8. The summed E-state index contributed by atoms with van der Waals surface area (Å²) in [5, 5.41) is 23.7. The Morgan fingerprint density at radius 2 is 0.518 bits per heavy atom. The van der Waals surface area contributed by atoms with Crippen LogP contribution in [-0.2, 0) is 0 Å². The molecule has 110 heavy (non-hydrogen) atoms. The van der Waals surface area contributed by atoms with Crippen molar-refractivity contribution in [2.45, 2.75) is 39.5 Å². The van der Waals surface area contributed by atoms with E-state index in [0.29, 0.717) is 22.5 Å². The van der Waals surface area contributed by atoms with Crippen molar-refractivity contribution in [3.63, 3.8) is 0 Å². The van der Waals surface area contributed by atoms with Crippen molar-refractivity contribution in [3.05, 3.63) is 380 Å². The first-order valence-corrected chi connectivity index (χ1v) is 37.5. The molecule has 0 radical (unpaired) electrons. The van der Waals surface area contributed by atoms with Crippen LogP contribution in [0.25, 0.3) is 167 Å². The maximum atomic E-state index is 9.37. The monoisotopic (exact) mass is 1440 g/mol.